The summed E-state index contributed by atoms with van der Waals surface area (Å²) in [5.74, 6) is -7.86. The van der Waals surface area contributed by atoms with Gasteiger partial charge in [-0.1, -0.05) is 0 Å². The molecule has 1 atom stereocenters. The van der Waals surface area contributed by atoms with Crippen LogP contribution in [0, 0.1) is 23.3 Å². The lowest BCUT2D eigenvalue weighted by Crippen LogP contribution is -2.43. The van der Waals surface area contributed by atoms with Crippen LogP contribution in [0.2, 0.25) is 0 Å². The van der Waals surface area contributed by atoms with Gasteiger partial charge in [-0.3, -0.25) is 9.69 Å². The van der Waals surface area contributed by atoms with E-state index in [1.807, 2.05) is 0 Å². The van der Waals surface area contributed by atoms with Gasteiger partial charge in [-0.25, -0.2) is 22.5 Å². The highest BCUT2D eigenvalue weighted by Gasteiger charge is 2.34. The first kappa shape index (κ1) is 15.3. The quantitative estimate of drug-likeness (QED) is 0.597. The number of carbonyl (C=O) groups is 1. The van der Waals surface area contributed by atoms with Crippen LogP contribution >= 0.6 is 0 Å². The summed E-state index contributed by atoms with van der Waals surface area (Å²) in [6.45, 7) is 1.57. The molecule has 3 rings (SSSR count). The second kappa shape index (κ2) is 5.53. The molecule has 23 heavy (non-hydrogen) atoms. The summed E-state index contributed by atoms with van der Waals surface area (Å²) < 4.78 is 59.8. The van der Waals surface area contributed by atoms with E-state index in [2.05, 4.69) is 4.98 Å². The molecular weight excluding hydrogens is 316 g/mol. The molecule has 0 aliphatic carbocycles. The third-order valence-electron chi connectivity index (χ3n) is 3.37. The zero-order valence-corrected chi connectivity index (χ0v) is 11.8. The number of hydrogen-bond donors (Lipinski definition) is 0. The molecule has 0 saturated carbocycles. The predicted molar refractivity (Wildman–Crippen MR) is 72.3 cm³/mol. The number of hydrogen-bond acceptors (Lipinski definition) is 3. The van der Waals surface area contributed by atoms with E-state index < -0.39 is 40.8 Å². The predicted octanol–water partition coefficient (Wildman–Crippen LogP) is 3.07. The van der Waals surface area contributed by atoms with Crippen molar-refractivity contribution in [2.75, 3.05) is 11.4 Å². The first-order valence-electron chi connectivity index (χ1n) is 6.66. The summed E-state index contributed by atoms with van der Waals surface area (Å²) in [5, 5.41) is 0. The molecule has 1 amide bonds. The highest BCUT2D eigenvalue weighted by Crippen LogP contribution is 2.33. The third kappa shape index (κ3) is 2.49. The number of rotatable bonds is 1. The molecule has 0 spiro atoms. The van der Waals surface area contributed by atoms with Gasteiger partial charge >= 0.3 is 0 Å². The Bertz CT molecular complexity index is 771. The van der Waals surface area contributed by atoms with Gasteiger partial charge in [0.05, 0.1) is 6.54 Å². The first-order chi connectivity index (χ1) is 10.9. The number of nitrogens with zero attached hydrogens (tertiary/aromatic N) is 2. The normalized spacial score (nSPS) is 16.7. The van der Waals surface area contributed by atoms with E-state index in [9.17, 15) is 22.4 Å². The maximum atomic E-state index is 13.8. The smallest absolute Gasteiger partial charge is 0.264 e. The topological polar surface area (TPSA) is 42.4 Å². The number of anilines is 1. The number of ether oxygens (including phenoxy) is 1. The SMILES string of the molecule is C[C@@H]1CN(C(=O)c2c(F)c(F)cc(F)c2F)c2cccnc2O1. The standard InChI is InChI=1S/C15H10F4N2O2/c1-7-6-21(10-3-2-4-20-14(10)23-7)15(22)11-12(18)8(16)5-9(17)13(11)19/h2-5,7H,6H2,1H3/t7-/m1/s1. The summed E-state index contributed by atoms with van der Waals surface area (Å²) >= 11 is 0. The highest BCUT2D eigenvalue weighted by atomic mass is 19.2. The van der Waals surface area contributed by atoms with E-state index in [0.29, 0.717) is 0 Å². The van der Waals surface area contributed by atoms with E-state index in [0.717, 1.165) is 4.90 Å². The Hall–Kier alpha value is -2.64. The maximum absolute atomic E-state index is 13.8. The van der Waals surface area contributed by atoms with E-state index in [-0.39, 0.29) is 24.2 Å². The number of fused-ring (bicyclic) bond motifs is 1. The van der Waals surface area contributed by atoms with Crippen molar-refractivity contribution in [3.63, 3.8) is 0 Å². The first-order valence-corrected chi connectivity index (χ1v) is 6.66. The van der Waals surface area contributed by atoms with Crippen LogP contribution in [0.1, 0.15) is 17.3 Å². The number of benzene rings is 1. The van der Waals surface area contributed by atoms with Crippen LogP contribution in [0.25, 0.3) is 0 Å². The van der Waals surface area contributed by atoms with Crippen molar-refractivity contribution in [2.45, 2.75) is 13.0 Å². The Morgan fingerprint density at radius 2 is 1.91 bits per heavy atom. The van der Waals surface area contributed by atoms with E-state index in [1.165, 1.54) is 18.3 Å². The van der Waals surface area contributed by atoms with Gasteiger partial charge in [0, 0.05) is 12.3 Å². The van der Waals surface area contributed by atoms with Crippen molar-refractivity contribution >= 4 is 11.6 Å². The number of aromatic nitrogens is 1. The Balaban J connectivity index is 2.12. The molecule has 1 aliphatic heterocycles. The molecule has 0 bridgehead atoms. The van der Waals surface area contributed by atoms with Crippen LogP contribution in [-0.2, 0) is 0 Å². The second-order valence-corrected chi connectivity index (χ2v) is 5.02. The van der Waals surface area contributed by atoms with Gasteiger partial charge in [0.15, 0.2) is 23.3 Å². The third-order valence-corrected chi connectivity index (χ3v) is 3.37. The second-order valence-electron chi connectivity index (χ2n) is 5.02. The van der Waals surface area contributed by atoms with Crippen LogP contribution in [-0.4, -0.2) is 23.5 Å². The average Bonchev–Trinajstić information content (AvgIpc) is 2.52. The maximum Gasteiger partial charge on any atom is 0.264 e. The molecule has 1 aliphatic rings. The van der Waals surface area contributed by atoms with Crippen LogP contribution < -0.4 is 9.64 Å². The van der Waals surface area contributed by atoms with Gasteiger partial charge in [0.2, 0.25) is 5.88 Å². The zero-order chi connectivity index (χ0) is 16.7. The fourth-order valence-corrected chi connectivity index (χ4v) is 2.35. The van der Waals surface area contributed by atoms with Gasteiger partial charge in [-0.2, -0.15) is 0 Å². The Morgan fingerprint density at radius 1 is 1.26 bits per heavy atom. The molecule has 0 fully saturated rings. The Labute approximate surface area is 128 Å². The summed E-state index contributed by atoms with van der Waals surface area (Å²) in [7, 11) is 0. The molecule has 1 aromatic heterocycles. The van der Waals surface area contributed by atoms with E-state index >= 15 is 0 Å². The lowest BCUT2D eigenvalue weighted by molar-refractivity contribution is 0.0948. The molecule has 0 unspecified atom stereocenters. The Morgan fingerprint density at radius 3 is 2.57 bits per heavy atom. The van der Waals surface area contributed by atoms with E-state index in [4.69, 9.17) is 4.74 Å². The Kier molecular flexibility index (Phi) is 3.67. The molecule has 2 heterocycles. The lowest BCUT2D eigenvalue weighted by Gasteiger charge is -2.32. The van der Waals surface area contributed by atoms with Crippen molar-refractivity contribution in [1.82, 2.24) is 4.98 Å². The van der Waals surface area contributed by atoms with Gasteiger partial charge in [0.1, 0.15) is 17.4 Å². The summed E-state index contributed by atoms with van der Waals surface area (Å²) in [4.78, 5) is 17.4. The van der Waals surface area contributed by atoms with Gasteiger partial charge < -0.3 is 4.74 Å². The molecule has 1 aromatic carbocycles. The minimum Gasteiger partial charge on any atom is -0.471 e. The van der Waals surface area contributed by atoms with Crippen molar-refractivity contribution in [1.29, 1.82) is 0 Å². The van der Waals surface area contributed by atoms with Gasteiger partial charge in [-0.15, -0.1) is 0 Å². The minimum atomic E-state index is -1.74. The van der Waals surface area contributed by atoms with Crippen molar-refractivity contribution in [3.8, 4) is 5.88 Å². The monoisotopic (exact) mass is 326 g/mol. The molecule has 0 radical (unpaired) electrons. The minimum absolute atomic E-state index is 0.0471. The molecule has 2 aromatic rings. The van der Waals surface area contributed by atoms with Gasteiger partial charge in [-0.05, 0) is 19.1 Å². The molecule has 4 nitrogen and oxygen atoms in total. The molecule has 120 valence electrons. The lowest BCUT2D eigenvalue weighted by atomic mass is 10.1. The van der Waals surface area contributed by atoms with Crippen LogP contribution in [0.4, 0.5) is 23.2 Å². The van der Waals surface area contributed by atoms with Crippen LogP contribution in [0.3, 0.4) is 0 Å². The summed E-state index contributed by atoms with van der Waals surface area (Å²) in [6.07, 6.45) is 0.911. The summed E-state index contributed by atoms with van der Waals surface area (Å²) in [5.41, 5.74) is -1.12. The fourth-order valence-electron chi connectivity index (χ4n) is 2.35. The number of pyridine rings is 1. The van der Waals surface area contributed by atoms with Crippen molar-refractivity contribution in [2.24, 2.45) is 0 Å². The van der Waals surface area contributed by atoms with Gasteiger partial charge in [0.25, 0.3) is 5.91 Å². The van der Waals surface area contributed by atoms with E-state index in [1.54, 1.807) is 6.92 Å². The number of amides is 1. The molecule has 8 heteroatoms. The zero-order valence-electron chi connectivity index (χ0n) is 11.8. The molecule has 0 saturated heterocycles. The van der Waals surface area contributed by atoms with Crippen LogP contribution in [0.15, 0.2) is 24.4 Å². The number of halogens is 4. The molecular formula is C15H10F4N2O2. The van der Waals surface area contributed by atoms with Crippen molar-refractivity contribution in [3.05, 3.63) is 53.2 Å². The summed E-state index contributed by atoms with van der Waals surface area (Å²) in [6, 6.07) is 3.01. The fraction of sp³-hybridized carbons (Fsp3) is 0.200. The van der Waals surface area contributed by atoms with Crippen molar-refractivity contribution < 1.29 is 27.1 Å². The average molecular weight is 326 g/mol. The highest BCUT2D eigenvalue weighted by molar-refractivity contribution is 6.07. The van der Waals surface area contributed by atoms with Crippen LogP contribution in [0.5, 0.6) is 5.88 Å². The number of carbonyl (C=O) groups excluding carboxylic acids is 1. The molecule has 0 N–H and O–H groups in total. The largest absolute Gasteiger partial charge is 0.471 e.